The highest BCUT2D eigenvalue weighted by atomic mass is 19.1. The van der Waals surface area contributed by atoms with Gasteiger partial charge in [0.15, 0.2) is 11.6 Å². The summed E-state index contributed by atoms with van der Waals surface area (Å²) in [5.74, 6) is -1.32. The van der Waals surface area contributed by atoms with E-state index in [1.165, 1.54) is 6.07 Å². The van der Waals surface area contributed by atoms with E-state index in [-0.39, 0.29) is 29.1 Å². The summed E-state index contributed by atoms with van der Waals surface area (Å²) in [6.07, 6.45) is 2.63. The molecule has 3 aromatic heterocycles. The minimum atomic E-state index is -0.706. The molecule has 0 spiro atoms. The van der Waals surface area contributed by atoms with Crippen LogP contribution in [-0.4, -0.2) is 32.7 Å². The Morgan fingerprint density at radius 2 is 2.07 bits per heavy atom. The number of halogens is 2. The van der Waals surface area contributed by atoms with Crippen molar-refractivity contribution < 1.29 is 13.9 Å². The van der Waals surface area contributed by atoms with Crippen LogP contribution in [0.25, 0.3) is 22.3 Å². The number of pyridine rings is 2. The molecule has 0 aromatic carbocycles. The van der Waals surface area contributed by atoms with Gasteiger partial charge < -0.3 is 15.4 Å². The molecule has 0 amide bonds. The molecule has 0 fully saturated rings. The van der Waals surface area contributed by atoms with Crippen molar-refractivity contribution in [1.82, 2.24) is 15.0 Å². The van der Waals surface area contributed by atoms with Gasteiger partial charge in [0, 0.05) is 17.1 Å². The molecule has 6 nitrogen and oxygen atoms in total. The van der Waals surface area contributed by atoms with Crippen molar-refractivity contribution in [2.45, 2.75) is 26.8 Å². The predicted molar refractivity (Wildman–Crippen MR) is 97.9 cm³/mol. The fourth-order valence-corrected chi connectivity index (χ4v) is 2.76. The number of aromatic amines is 1. The molecule has 3 rings (SSSR count). The van der Waals surface area contributed by atoms with Gasteiger partial charge in [0.05, 0.1) is 30.1 Å². The fourth-order valence-electron chi connectivity index (χ4n) is 2.76. The summed E-state index contributed by atoms with van der Waals surface area (Å²) in [6.45, 7) is 5.48. The molecule has 3 aromatic rings. The van der Waals surface area contributed by atoms with Crippen LogP contribution in [0.2, 0.25) is 0 Å². The molecule has 0 aliphatic carbocycles. The molecule has 1 atom stereocenters. The van der Waals surface area contributed by atoms with Gasteiger partial charge in [-0.3, -0.25) is 0 Å². The minimum Gasteiger partial charge on any atom is -0.394 e. The van der Waals surface area contributed by atoms with Gasteiger partial charge in [-0.25, -0.2) is 18.7 Å². The summed E-state index contributed by atoms with van der Waals surface area (Å²) in [6, 6.07) is 3.82. The van der Waals surface area contributed by atoms with Gasteiger partial charge in [-0.1, -0.05) is 20.8 Å². The van der Waals surface area contributed by atoms with Crippen LogP contribution < -0.4 is 5.32 Å². The molecule has 0 bridgehead atoms. The van der Waals surface area contributed by atoms with Crippen molar-refractivity contribution >= 4 is 16.9 Å². The van der Waals surface area contributed by atoms with E-state index in [1.807, 2.05) is 26.8 Å². The number of hydrogen-bond acceptors (Lipinski definition) is 5. The second kappa shape index (κ2) is 6.93. The minimum absolute atomic E-state index is 0.0134. The standard InChI is InChI=1S/C19H19F2N5O/c1-19(2,3)15(9-27)25-18-14(21)4-10(6-22)16(26-18)13-8-24-17-12(13)5-11(20)7-23-17/h4-5,7-8,15,27H,9H2,1-3H3,(H,23,24)(H,25,26). The maximum Gasteiger partial charge on any atom is 0.166 e. The lowest BCUT2D eigenvalue weighted by Gasteiger charge is -2.30. The van der Waals surface area contributed by atoms with Crippen LogP contribution in [0, 0.1) is 28.4 Å². The van der Waals surface area contributed by atoms with E-state index < -0.39 is 17.7 Å². The third-order valence-corrected chi connectivity index (χ3v) is 4.39. The quantitative estimate of drug-likeness (QED) is 0.651. The van der Waals surface area contributed by atoms with Crippen molar-refractivity contribution in [3.63, 3.8) is 0 Å². The number of anilines is 1. The number of aromatic nitrogens is 3. The zero-order valence-corrected chi connectivity index (χ0v) is 15.1. The number of aliphatic hydroxyl groups is 1. The Morgan fingerprint density at radius 1 is 1.33 bits per heavy atom. The molecule has 27 heavy (non-hydrogen) atoms. The molecular formula is C19H19F2N5O. The Kier molecular flexibility index (Phi) is 4.81. The molecule has 0 radical (unpaired) electrons. The van der Waals surface area contributed by atoms with Crippen molar-refractivity contribution in [3.05, 3.63) is 41.7 Å². The first-order chi connectivity index (χ1) is 12.7. The summed E-state index contributed by atoms with van der Waals surface area (Å²) in [4.78, 5) is 11.1. The first kappa shape index (κ1) is 18.7. The van der Waals surface area contributed by atoms with Crippen molar-refractivity contribution in [2.75, 3.05) is 11.9 Å². The molecule has 0 aliphatic rings. The molecule has 0 saturated carbocycles. The summed E-state index contributed by atoms with van der Waals surface area (Å²) in [5.41, 5.74) is 0.724. The zero-order chi connectivity index (χ0) is 19.8. The first-order valence-corrected chi connectivity index (χ1v) is 8.35. The van der Waals surface area contributed by atoms with Crippen LogP contribution in [0.3, 0.4) is 0 Å². The molecule has 3 heterocycles. The third kappa shape index (κ3) is 3.59. The van der Waals surface area contributed by atoms with Gasteiger partial charge in [-0.05, 0) is 17.5 Å². The summed E-state index contributed by atoms with van der Waals surface area (Å²) >= 11 is 0. The Bertz CT molecular complexity index is 1030. The smallest absolute Gasteiger partial charge is 0.166 e. The molecule has 3 N–H and O–H groups in total. The molecule has 140 valence electrons. The second-order valence-corrected chi connectivity index (χ2v) is 7.32. The van der Waals surface area contributed by atoms with Crippen LogP contribution in [0.15, 0.2) is 24.5 Å². The van der Waals surface area contributed by atoms with Crippen LogP contribution in [0.5, 0.6) is 0 Å². The van der Waals surface area contributed by atoms with E-state index in [1.54, 1.807) is 6.20 Å². The SMILES string of the molecule is CC(C)(C)C(CO)Nc1nc(-c2c[nH]c3ncc(F)cc23)c(C#N)cc1F. The van der Waals surface area contributed by atoms with E-state index in [0.29, 0.717) is 16.6 Å². The second-order valence-electron chi connectivity index (χ2n) is 7.32. The number of hydrogen-bond donors (Lipinski definition) is 3. The van der Waals surface area contributed by atoms with Crippen LogP contribution >= 0.6 is 0 Å². The Morgan fingerprint density at radius 3 is 2.70 bits per heavy atom. The average Bonchev–Trinajstić information content (AvgIpc) is 3.02. The van der Waals surface area contributed by atoms with Crippen LogP contribution in [-0.2, 0) is 0 Å². The average molecular weight is 371 g/mol. The number of nitriles is 1. The number of aliphatic hydroxyl groups excluding tert-OH is 1. The summed E-state index contributed by atoms with van der Waals surface area (Å²) < 4.78 is 28.1. The van der Waals surface area contributed by atoms with Crippen molar-refractivity contribution in [3.8, 4) is 17.3 Å². The first-order valence-electron chi connectivity index (χ1n) is 8.35. The Labute approximate surface area is 154 Å². The van der Waals surface area contributed by atoms with Gasteiger partial charge >= 0.3 is 0 Å². The monoisotopic (exact) mass is 371 g/mol. The Hall–Kier alpha value is -3.05. The largest absolute Gasteiger partial charge is 0.394 e. The number of H-pyrrole nitrogens is 1. The Balaban J connectivity index is 2.15. The lowest BCUT2D eigenvalue weighted by Crippen LogP contribution is -2.37. The maximum atomic E-state index is 14.5. The van der Waals surface area contributed by atoms with Gasteiger partial charge in [-0.2, -0.15) is 5.26 Å². The molecule has 0 saturated heterocycles. The highest BCUT2D eigenvalue weighted by molar-refractivity contribution is 5.94. The van der Waals surface area contributed by atoms with E-state index in [2.05, 4.69) is 20.3 Å². The molecule has 8 heteroatoms. The molecular weight excluding hydrogens is 352 g/mol. The third-order valence-electron chi connectivity index (χ3n) is 4.39. The molecule has 1 unspecified atom stereocenters. The van der Waals surface area contributed by atoms with Gasteiger partial charge in [-0.15, -0.1) is 0 Å². The fraction of sp³-hybridized carbons (Fsp3) is 0.316. The van der Waals surface area contributed by atoms with Crippen LogP contribution in [0.4, 0.5) is 14.6 Å². The normalized spacial score (nSPS) is 12.8. The predicted octanol–water partition coefficient (Wildman–Crippen LogP) is 3.59. The highest BCUT2D eigenvalue weighted by Crippen LogP contribution is 2.32. The number of nitrogens with zero attached hydrogens (tertiary/aromatic N) is 3. The highest BCUT2D eigenvalue weighted by Gasteiger charge is 2.26. The maximum absolute atomic E-state index is 14.5. The number of fused-ring (bicyclic) bond motifs is 1. The van der Waals surface area contributed by atoms with E-state index in [0.717, 1.165) is 12.3 Å². The van der Waals surface area contributed by atoms with Gasteiger partial charge in [0.2, 0.25) is 0 Å². The van der Waals surface area contributed by atoms with Gasteiger partial charge in [0.25, 0.3) is 0 Å². The van der Waals surface area contributed by atoms with Crippen LogP contribution in [0.1, 0.15) is 26.3 Å². The van der Waals surface area contributed by atoms with E-state index in [9.17, 15) is 19.1 Å². The van der Waals surface area contributed by atoms with Crippen molar-refractivity contribution in [1.29, 1.82) is 5.26 Å². The van der Waals surface area contributed by atoms with E-state index >= 15 is 0 Å². The number of rotatable bonds is 4. The number of nitrogens with one attached hydrogen (secondary N) is 2. The zero-order valence-electron chi connectivity index (χ0n) is 15.1. The van der Waals surface area contributed by atoms with Crippen molar-refractivity contribution in [2.24, 2.45) is 5.41 Å². The molecule has 0 aliphatic heterocycles. The summed E-state index contributed by atoms with van der Waals surface area (Å²) in [5, 5.41) is 22.4. The van der Waals surface area contributed by atoms with E-state index in [4.69, 9.17) is 0 Å². The lowest BCUT2D eigenvalue weighted by atomic mass is 9.87. The van der Waals surface area contributed by atoms with Gasteiger partial charge in [0.1, 0.15) is 17.5 Å². The summed E-state index contributed by atoms with van der Waals surface area (Å²) in [7, 11) is 0. The lowest BCUT2D eigenvalue weighted by molar-refractivity contribution is 0.201. The topological polar surface area (TPSA) is 97.6 Å².